The number of hydrogen-bond donors (Lipinski definition) is 9. The van der Waals surface area contributed by atoms with Crippen molar-refractivity contribution in [1.29, 1.82) is 0 Å². The first-order valence-corrected chi connectivity index (χ1v) is 7.19. The summed E-state index contributed by atoms with van der Waals surface area (Å²) in [6.07, 6.45) is -15.7. The van der Waals surface area contributed by atoms with Gasteiger partial charge in [-0.2, -0.15) is 0 Å². The lowest BCUT2D eigenvalue weighted by atomic mass is 9.97. The molecule has 0 aromatic carbocycles. The zero-order valence-corrected chi connectivity index (χ0v) is 12.4. The third-order valence-corrected chi connectivity index (χ3v) is 4.07. The Morgan fingerprint density at radius 3 is 1.96 bits per heavy atom. The molecule has 0 spiro atoms. The maximum Gasteiger partial charge on any atom is 0.311 e. The van der Waals surface area contributed by atoms with Crippen molar-refractivity contribution in [2.24, 2.45) is 0 Å². The third-order valence-electron chi connectivity index (χ3n) is 4.07. The molecule has 10 atom stereocenters. The van der Waals surface area contributed by atoms with Crippen LogP contribution in [0.3, 0.4) is 0 Å². The highest BCUT2D eigenvalue weighted by molar-refractivity contribution is 4.93. The summed E-state index contributed by atoms with van der Waals surface area (Å²) in [7, 11) is 0. The van der Waals surface area contributed by atoms with Crippen LogP contribution in [0.5, 0.6) is 0 Å². The Balaban J connectivity index is 2.04. The molecule has 9 N–H and O–H groups in total. The van der Waals surface area contributed by atoms with Gasteiger partial charge in [0.25, 0.3) is 0 Å². The van der Waals surface area contributed by atoms with Crippen LogP contribution in [-0.4, -0.2) is 120 Å². The fourth-order valence-corrected chi connectivity index (χ4v) is 2.51. The van der Waals surface area contributed by atoms with E-state index in [1.165, 1.54) is 0 Å². The number of aliphatic hydroxyl groups is 9. The maximum atomic E-state index is 10.1. The average Bonchev–Trinajstić information content (AvgIpc) is 2.56. The lowest BCUT2D eigenvalue weighted by Gasteiger charge is -2.45. The molecule has 2 saturated heterocycles. The smallest absolute Gasteiger partial charge is 0.311 e. The van der Waals surface area contributed by atoms with Gasteiger partial charge in [-0.3, -0.25) is 0 Å². The Kier molecular flexibility index (Phi) is 6.12. The van der Waals surface area contributed by atoms with Crippen LogP contribution < -0.4 is 0 Å². The fraction of sp³-hybridized carbons (Fsp3) is 1.00. The topological polar surface area (TPSA) is 210 Å². The van der Waals surface area contributed by atoms with E-state index in [0.29, 0.717) is 0 Å². The molecule has 0 aromatic heterocycles. The summed E-state index contributed by atoms with van der Waals surface area (Å²) < 4.78 is 14.5. The van der Waals surface area contributed by atoms with E-state index in [2.05, 4.69) is 0 Å². The standard InChI is InChI=1S/C12H22O12/c13-1-3-5(14)8(17)10(19)12(21,24-3)22-2-4-6(15)7(16)9(18)11(20)23-4/h3-11,13-21H,1-2H2/t3-,4-,5-,6-,7+,8+,9-,10-,11-,12-/m1/s1. The molecule has 12 nitrogen and oxygen atoms in total. The second kappa shape index (κ2) is 7.41. The molecule has 0 bridgehead atoms. The van der Waals surface area contributed by atoms with Gasteiger partial charge >= 0.3 is 5.97 Å². The van der Waals surface area contributed by atoms with Gasteiger partial charge in [-0.05, 0) is 0 Å². The maximum absolute atomic E-state index is 10.1. The first-order chi connectivity index (χ1) is 11.1. The lowest BCUT2D eigenvalue weighted by molar-refractivity contribution is -0.454. The van der Waals surface area contributed by atoms with Gasteiger partial charge in [0, 0.05) is 0 Å². The van der Waals surface area contributed by atoms with E-state index < -0.39 is 74.3 Å². The molecule has 0 aliphatic carbocycles. The SMILES string of the molecule is OC[C@H]1O[C@](O)(OC[C@H]2O[C@@H](O)[C@H](O)[C@@H](O)[C@@H]2O)[C@H](O)[C@@H](O)[C@@H]1O. The Labute approximate surface area is 135 Å². The molecule has 2 rings (SSSR count). The summed E-state index contributed by atoms with van der Waals surface area (Å²) in [5, 5.41) is 86.3. The van der Waals surface area contributed by atoms with Crippen LogP contribution in [0.1, 0.15) is 0 Å². The Bertz CT molecular complexity index is 421. The molecule has 2 fully saturated rings. The largest absolute Gasteiger partial charge is 0.394 e. The highest BCUT2D eigenvalue weighted by atomic mass is 16.8. The summed E-state index contributed by atoms with van der Waals surface area (Å²) in [5.41, 5.74) is 0. The molecule has 12 heteroatoms. The first-order valence-electron chi connectivity index (χ1n) is 7.19. The van der Waals surface area contributed by atoms with Crippen molar-refractivity contribution >= 4 is 0 Å². The van der Waals surface area contributed by atoms with Crippen molar-refractivity contribution in [3.63, 3.8) is 0 Å². The fourth-order valence-electron chi connectivity index (χ4n) is 2.51. The van der Waals surface area contributed by atoms with Gasteiger partial charge in [-0.15, -0.1) is 0 Å². The van der Waals surface area contributed by atoms with Crippen LogP contribution in [0.4, 0.5) is 0 Å². The molecule has 142 valence electrons. The number of ether oxygens (including phenoxy) is 3. The van der Waals surface area contributed by atoms with E-state index in [-0.39, 0.29) is 0 Å². The normalized spacial score (nSPS) is 53.1. The quantitative estimate of drug-likeness (QED) is 0.215. The Hall–Kier alpha value is -0.480. The monoisotopic (exact) mass is 358 g/mol. The molecule has 0 aromatic rings. The number of aliphatic hydroxyl groups excluding tert-OH is 8. The summed E-state index contributed by atoms with van der Waals surface area (Å²) >= 11 is 0. The minimum absolute atomic E-state index is 0.740. The minimum Gasteiger partial charge on any atom is -0.394 e. The minimum atomic E-state index is -2.86. The molecule has 0 radical (unpaired) electrons. The molecule has 24 heavy (non-hydrogen) atoms. The van der Waals surface area contributed by atoms with Crippen molar-refractivity contribution < 1.29 is 60.2 Å². The summed E-state index contributed by atoms with van der Waals surface area (Å²) in [4.78, 5) is 0. The Morgan fingerprint density at radius 1 is 0.792 bits per heavy atom. The molecule has 2 aliphatic rings. The second-order valence-corrected chi connectivity index (χ2v) is 5.74. The van der Waals surface area contributed by atoms with Crippen molar-refractivity contribution in [3.05, 3.63) is 0 Å². The predicted octanol–water partition coefficient (Wildman–Crippen LogP) is -6.08. The van der Waals surface area contributed by atoms with Crippen molar-refractivity contribution in [2.75, 3.05) is 13.2 Å². The molecule has 2 aliphatic heterocycles. The highest BCUT2D eigenvalue weighted by Gasteiger charge is 2.55. The van der Waals surface area contributed by atoms with Crippen LogP contribution in [0, 0.1) is 0 Å². The molecular formula is C12H22O12. The lowest BCUT2D eigenvalue weighted by Crippen LogP contribution is -2.67. The predicted molar refractivity (Wildman–Crippen MR) is 69.8 cm³/mol. The van der Waals surface area contributed by atoms with E-state index in [1.807, 2.05) is 0 Å². The zero-order chi connectivity index (χ0) is 18.2. The van der Waals surface area contributed by atoms with E-state index in [0.717, 1.165) is 0 Å². The number of hydrogen-bond acceptors (Lipinski definition) is 12. The van der Waals surface area contributed by atoms with E-state index in [9.17, 15) is 40.9 Å². The summed E-state index contributed by atoms with van der Waals surface area (Å²) in [6, 6.07) is 0. The van der Waals surface area contributed by atoms with E-state index in [4.69, 9.17) is 19.3 Å². The number of rotatable bonds is 4. The van der Waals surface area contributed by atoms with Gasteiger partial charge in [0.2, 0.25) is 0 Å². The van der Waals surface area contributed by atoms with Gasteiger partial charge in [0.15, 0.2) is 12.4 Å². The van der Waals surface area contributed by atoms with E-state index >= 15 is 0 Å². The van der Waals surface area contributed by atoms with Crippen LogP contribution in [0.2, 0.25) is 0 Å². The average molecular weight is 358 g/mol. The summed E-state index contributed by atoms with van der Waals surface area (Å²) in [5.74, 6) is -2.86. The van der Waals surface area contributed by atoms with Gasteiger partial charge in [0.1, 0.15) is 42.7 Å². The van der Waals surface area contributed by atoms with Crippen LogP contribution in [-0.2, 0) is 14.2 Å². The molecule has 2 heterocycles. The second-order valence-electron chi connectivity index (χ2n) is 5.74. The molecule has 0 unspecified atom stereocenters. The van der Waals surface area contributed by atoms with Gasteiger partial charge < -0.3 is 60.2 Å². The van der Waals surface area contributed by atoms with Gasteiger partial charge in [-0.25, -0.2) is 0 Å². The van der Waals surface area contributed by atoms with Crippen molar-refractivity contribution in [3.8, 4) is 0 Å². The van der Waals surface area contributed by atoms with Crippen LogP contribution in [0.15, 0.2) is 0 Å². The summed E-state index contributed by atoms with van der Waals surface area (Å²) in [6.45, 7) is -1.54. The zero-order valence-electron chi connectivity index (χ0n) is 12.4. The Morgan fingerprint density at radius 2 is 1.38 bits per heavy atom. The highest BCUT2D eigenvalue weighted by Crippen LogP contribution is 2.30. The molecule has 0 amide bonds. The van der Waals surface area contributed by atoms with Gasteiger partial charge in [0.05, 0.1) is 13.2 Å². The molecule has 0 saturated carbocycles. The van der Waals surface area contributed by atoms with Crippen molar-refractivity contribution in [1.82, 2.24) is 0 Å². The van der Waals surface area contributed by atoms with Crippen LogP contribution in [0.25, 0.3) is 0 Å². The third kappa shape index (κ3) is 3.55. The first kappa shape index (κ1) is 19.8. The van der Waals surface area contributed by atoms with E-state index in [1.54, 1.807) is 0 Å². The van der Waals surface area contributed by atoms with Gasteiger partial charge in [-0.1, -0.05) is 0 Å². The molecular weight excluding hydrogens is 336 g/mol. The van der Waals surface area contributed by atoms with Crippen molar-refractivity contribution in [2.45, 2.75) is 61.1 Å². The van der Waals surface area contributed by atoms with Crippen LogP contribution >= 0.6 is 0 Å².